The van der Waals surface area contributed by atoms with Crippen molar-refractivity contribution in [3.05, 3.63) is 12.3 Å². The SMILES string of the molecule is C=C(CCCC(=O)CCCC(=O)OC(CCCCCCC)CCCCCCC)OC(CC1CC2CCCCC2C1)CC1CC2CCCCC2C1. The van der Waals surface area contributed by atoms with Crippen LogP contribution in [-0.4, -0.2) is 24.0 Å². The van der Waals surface area contributed by atoms with Gasteiger partial charge in [0.1, 0.15) is 11.9 Å². The van der Waals surface area contributed by atoms with Crippen LogP contribution in [0.3, 0.4) is 0 Å². The molecule has 0 aliphatic heterocycles. The van der Waals surface area contributed by atoms with E-state index in [1.54, 1.807) is 0 Å². The molecule has 0 spiro atoms. The largest absolute Gasteiger partial charge is 0.495 e. The summed E-state index contributed by atoms with van der Waals surface area (Å²) in [6.07, 6.45) is 38.0. The fourth-order valence-corrected chi connectivity index (χ4v) is 10.8. The molecule has 0 N–H and O–H groups in total. The van der Waals surface area contributed by atoms with Gasteiger partial charge < -0.3 is 9.47 Å². The van der Waals surface area contributed by atoms with E-state index in [1.807, 2.05) is 0 Å². The smallest absolute Gasteiger partial charge is 0.306 e. The van der Waals surface area contributed by atoms with Gasteiger partial charge in [-0.2, -0.15) is 0 Å². The Morgan fingerprint density at radius 3 is 1.44 bits per heavy atom. The van der Waals surface area contributed by atoms with Crippen LogP contribution in [-0.2, 0) is 19.1 Å². The normalized spacial score (nSPS) is 26.8. The zero-order valence-electron chi connectivity index (χ0n) is 33.1. The highest BCUT2D eigenvalue weighted by Gasteiger charge is 2.39. The summed E-state index contributed by atoms with van der Waals surface area (Å²) in [5.41, 5.74) is 0. The summed E-state index contributed by atoms with van der Waals surface area (Å²) in [5.74, 6) is 6.59. The summed E-state index contributed by atoms with van der Waals surface area (Å²) < 4.78 is 12.7. The Balaban J connectivity index is 1.13. The molecule has 0 bridgehead atoms. The van der Waals surface area contributed by atoms with Gasteiger partial charge in [-0.1, -0.05) is 123 Å². The third kappa shape index (κ3) is 15.7. The van der Waals surface area contributed by atoms with Crippen LogP contribution >= 0.6 is 0 Å². The van der Waals surface area contributed by atoms with Crippen molar-refractivity contribution in [2.75, 3.05) is 0 Å². The van der Waals surface area contributed by atoms with Crippen molar-refractivity contribution in [2.24, 2.45) is 35.5 Å². The number of Topliss-reactive ketones (excluding diaryl/α,β-unsaturated/α-hetero) is 1. The summed E-state index contributed by atoms with van der Waals surface area (Å²) in [6.45, 7) is 8.87. The zero-order chi connectivity index (χ0) is 35.4. The second kappa shape index (κ2) is 24.1. The minimum absolute atomic E-state index is 0.0481. The molecule has 0 saturated heterocycles. The third-order valence-electron chi connectivity index (χ3n) is 13.5. The minimum atomic E-state index is -0.110. The molecule has 0 aromatic heterocycles. The van der Waals surface area contributed by atoms with E-state index in [0.29, 0.717) is 31.8 Å². The van der Waals surface area contributed by atoms with Crippen molar-refractivity contribution in [3.8, 4) is 0 Å². The molecular weight excluding hydrogens is 617 g/mol. The molecule has 4 rings (SSSR count). The van der Waals surface area contributed by atoms with E-state index >= 15 is 0 Å². The van der Waals surface area contributed by atoms with Crippen LogP contribution in [0.1, 0.15) is 219 Å². The first-order chi connectivity index (χ1) is 24.4. The molecule has 4 saturated carbocycles. The Bertz CT molecular complexity index is 882. The molecule has 4 fully saturated rings. The Morgan fingerprint density at radius 1 is 0.540 bits per heavy atom. The highest BCUT2D eigenvalue weighted by atomic mass is 16.5. The molecule has 4 aliphatic carbocycles. The van der Waals surface area contributed by atoms with Gasteiger partial charge in [0.25, 0.3) is 0 Å². The number of hydrogen-bond acceptors (Lipinski definition) is 4. The Labute approximate surface area is 309 Å². The summed E-state index contributed by atoms with van der Waals surface area (Å²) in [5, 5.41) is 0. The quantitative estimate of drug-likeness (QED) is 0.0487. The van der Waals surface area contributed by atoms with Crippen LogP contribution < -0.4 is 0 Å². The van der Waals surface area contributed by atoms with Gasteiger partial charge in [-0.15, -0.1) is 0 Å². The molecule has 4 unspecified atom stereocenters. The Hall–Kier alpha value is -1.32. The molecule has 0 aromatic rings. The topological polar surface area (TPSA) is 52.6 Å². The molecule has 0 aromatic carbocycles. The highest BCUT2D eigenvalue weighted by molar-refractivity contribution is 5.79. The molecule has 4 nitrogen and oxygen atoms in total. The van der Waals surface area contributed by atoms with Gasteiger partial charge in [0.15, 0.2) is 0 Å². The van der Waals surface area contributed by atoms with Gasteiger partial charge in [0.2, 0.25) is 0 Å². The number of carbonyl (C=O) groups is 2. The van der Waals surface area contributed by atoms with Gasteiger partial charge in [-0.3, -0.25) is 9.59 Å². The van der Waals surface area contributed by atoms with E-state index < -0.39 is 0 Å². The maximum atomic E-state index is 12.8. The van der Waals surface area contributed by atoms with Gasteiger partial charge in [0, 0.05) is 25.7 Å². The van der Waals surface area contributed by atoms with E-state index in [2.05, 4.69) is 20.4 Å². The molecule has 4 atom stereocenters. The number of carbonyl (C=O) groups excluding carboxylic acids is 2. The van der Waals surface area contributed by atoms with Crippen molar-refractivity contribution < 1.29 is 19.1 Å². The number of fused-ring (bicyclic) bond motifs is 2. The third-order valence-corrected chi connectivity index (χ3v) is 13.5. The van der Waals surface area contributed by atoms with E-state index in [9.17, 15) is 9.59 Å². The van der Waals surface area contributed by atoms with Gasteiger partial charge in [-0.25, -0.2) is 0 Å². The highest BCUT2D eigenvalue weighted by Crippen LogP contribution is 2.49. The number of ether oxygens (including phenoxy) is 2. The summed E-state index contributed by atoms with van der Waals surface area (Å²) >= 11 is 0. The Morgan fingerprint density at radius 2 is 0.980 bits per heavy atom. The van der Waals surface area contributed by atoms with Gasteiger partial charge >= 0.3 is 5.97 Å². The fraction of sp³-hybridized carbons (Fsp3) is 0.913. The zero-order valence-corrected chi connectivity index (χ0v) is 33.1. The Kier molecular flexibility index (Phi) is 20.0. The maximum Gasteiger partial charge on any atom is 0.306 e. The van der Waals surface area contributed by atoms with Crippen LogP contribution in [0, 0.1) is 35.5 Å². The lowest BCUT2D eigenvalue weighted by Crippen LogP contribution is -2.20. The lowest BCUT2D eigenvalue weighted by atomic mass is 9.82. The number of allylic oxidation sites excluding steroid dienone is 1. The predicted octanol–water partition coefficient (Wildman–Crippen LogP) is 13.6. The fourth-order valence-electron chi connectivity index (χ4n) is 10.8. The first-order valence-corrected chi connectivity index (χ1v) is 22.5. The van der Waals surface area contributed by atoms with Crippen LogP contribution in [0.5, 0.6) is 0 Å². The van der Waals surface area contributed by atoms with Crippen molar-refractivity contribution in [1.29, 1.82) is 0 Å². The molecule has 0 amide bonds. The van der Waals surface area contributed by atoms with Crippen LogP contribution in [0.4, 0.5) is 0 Å². The van der Waals surface area contributed by atoms with E-state index in [1.165, 1.54) is 141 Å². The lowest BCUT2D eigenvalue weighted by Gasteiger charge is -2.26. The first kappa shape index (κ1) is 41.4. The molecular formula is C46H80O4. The number of unbranched alkanes of at least 4 members (excludes halogenated alkanes) is 8. The number of hydrogen-bond donors (Lipinski definition) is 0. The molecule has 0 heterocycles. The average Bonchev–Trinajstić information content (AvgIpc) is 3.70. The predicted molar refractivity (Wildman–Crippen MR) is 209 cm³/mol. The number of esters is 1. The average molecular weight is 697 g/mol. The molecule has 4 heteroatoms. The number of ketones is 1. The van der Waals surface area contributed by atoms with Crippen LogP contribution in [0.2, 0.25) is 0 Å². The van der Waals surface area contributed by atoms with E-state index in [4.69, 9.17) is 9.47 Å². The van der Waals surface area contributed by atoms with E-state index in [0.717, 1.165) is 79.8 Å². The van der Waals surface area contributed by atoms with Gasteiger partial charge in [-0.05, 0) is 113 Å². The summed E-state index contributed by atoms with van der Waals surface area (Å²) in [7, 11) is 0. The van der Waals surface area contributed by atoms with Crippen LogP contribution in [0.15, 0.2) is 12.3 Å². The maximum absolute atomic E-state index is 12.8. The molecule has 0 radical (unpaired) electrons. The second-order valence-corrected chi connectivity index (χ2v) is 17.8. The standard InChI is InChI=1S/C46H80O4/c1-4-6-8-10-12-27-44(28-13-11-9-7-5-2)50-46(48)29-19-26-43(47)25-18-20-36(3)49-45(34-37-30-39-21-14-15-22-40(39)31-37)35-38-32-41-23-16-17-24-42(41)33-38/h37-42,44-45H,3-35H2,1-2H3. The lowest BCUT2D eigenvalue weighted by molar-refractivity contribution is -0.150. The van der Waals surface area contributed by atoms with Crippen LogP contribution in [0.25, 0.3) is 0 Å². The van der Waals surface area contributed by atoms with Crippen molar-refractivity contribution in [1.82, 2.24) is 0 Å². The van der Waals surface area contributed by atoms with Crippen molar-refractivity contribution >= 4 is 11.8 Å². The summed E-state index contributed by atoms with van der Waals surface area (Å²) in [4.78, 5) is 25.5. The molecule has 50 heavy (non-hydrogen) atoms. The van der Waals surface area contributed by atoms with Crippen molar-refractivity contribution in [2.45, 2.75) is 232 Å². The monoisotopic (exact) mass is 697 g/mol. The van der Waals surface area contributed by atoms with E-state index in [-0.39, 0.29) is 17.9 Å². The molecule has 4 aliphatic rings. The summed E-state index contributed by atoms with van der Waals surface area (Å²) in [6, 6.07) is 0. The molecule has 288 valence electrons. The minimum Gasteiger partial charge on any atom is -0.495 e. The van der Waals surface area contributed by atoms with Gasteiger partial charge in [0.05, 0.1) is 11.9 Å². The second-order valence-electron chi connectivity index (χ2n) is 17.8. The van der Waals surface area contributed by atoms with Crippen molar-refractivity contribution in [3.63, 3.8) is 0 Å². The first-order valence-electron chi connectivity index (χ1n) is 22.5. The number of rotatable bonds is 27.